The Morgan fingerprint density at radius 2 is 1.88 bits per heavy atom. The van der Waals surface area contributed by atoms with Crippen molar-refractivity contribution in [3.05, 3.63) is 59.9 Å². The van der Waals surface area contributed by atoms with Crippen molar-refractivity contribution in [2.24, 2.45) is 5.92 Å². The third-order valence-electron chi connectivity index (χ3n) is 4.15. The minimum Gasteiger partial charge on any atom is -0.326 e. The van der Waals surface area contributed by atoms with Gasteiger partial charge in [-0.05, 0) is 36.7 Å². The average molecular weight is 378 g/mol. The van der Waals surface area contributed by atoms with Crippen LogP contribution in [0.4, 0.5) is 15.8 Å². The molecule has 2 aromatic rings. The zero-order chi connectivity index (χ0) is 17.6. The van der Waals surface area contributed by atoms with Crippen molar-refractivity contribution in [1.82, 2.24) is 5.32 Å². The highest BCUT2D eigenvalue weighted by molar-refractivity contribution is 5.95. The summed E-state index contributed by atoms with van der Waals surface area (Å²) in [7, 11) is 0. The van der Waals surface area contributed by atoms with Gasteiger partial charge in [-0.25, -0.2) is 4.39 Å². The molecule has 26 heavy (non-hydrogen) atoms. The normalized spacial score (nSPS) is 15.8. The Morgan fingerprint density at radius 3 is 2.58 bits per heavy atom. The third kappa shape index (κ3) is 5.28. The van der Waals surface area contributed by atoms with E-state index >= 15 is 0 Å². The molecule has 1 atom stereocenters. The summed E-state index contributed by atoms with van der Waals surface area (Å²) in [6, 6.07) is 13.4. The molecule has 3 N–H and O–H groups in total. The van der Waals surface area contributed by atoms with Crippen molar-refractivity contribution in [3.63, 3.8) is 0 Å². The molecule has 0 spiro atoms. The monoisotopic (exact) mass is 377 g/mol. The van der Waals surface area contributed by atoms with Crippen LogP contribution in [0.1, 0.15) is 12.0 Å². The van der Waals surface area contributed by atoms with Crippen LogP contribution in [0.3, 0.4) is 0 Å². The van der Waals surface area contributed by atoms with Crippen molar-refractivity contribution in [2.75, 3.05) is 23.7 Å². The molecule has 1 heterocycles. The van der Waals surface area contributed by atoms with Crippen molar-refractivity contribution in [2.45, 2.75) is 12.8 Å². The maximum Gasteiger partial charge on any atom is 0.228 e. The number of hydrogen-bond acceptors (Lipinski definition) is 3. The van der Waals surface area contributed by atoms with Crippen molar-refractivity contribution >= 4 is 35.6 Å². The molecule has 0 radical (unpaired) electrons. The van der Waals surface area contributed by atoms with Crippen molar-refractivity contribution < 1.29 is 14.0 Å². The quantitative estimate of drug-likeness (QED) is 0.750. The fourth-order valence-corrected chi connectivity index (χ4v) is 2.80. The molecule has 3 rings (SSSR count). The maximum atomic E-state index is 14.0. The molecule has 2 amide bonds. The largest absolute Gasteiger partial charge is 0.326 e. The summed E-state index contributed by atoms with van der Waals surface area (Å²) in [6.07, 6.45) is 0.943. The van der Waals surface area contributed by atoms with E-state index in [9.17, 15) is 14.0 Å². The molecule has 1 fully saturated rings. The summed E-state index contributed by atoms with van der Waals surface area (Å²) < 4.78 is 14.0. The number of benzene rings is 2. The lowest BCUT2D eigenvalue weighted by Gasteiger charge is -2.12. The predicted octanol–water partition coefficient (Wildman–Crippen LogP) is 2.98. The Morgan fingerprint density at radius 1 is 1.12 bits per heavy atom. The van der Waals surface area contributed by atoms with E-state index in [1.165, 1.54) is 18.2 Å². The first-order valence-corrected chi connectivity index (χ1v) is 8.27. The van der Waals surface area contributed by atoms with Crippen LogP contribution in [0.15, 0.2) is 48.5 Å². The predicted molar refractivity (Wildman–Crippen MR) is 102 cm³/mol. The van der Waals surface area contributed by atoms with E-state index in [4.69, 9.17) is 0 Å². The Hall–Kier alpha value is -2.44. The first kappa shape index (κ1) is 19.9. The van der Waals surface area contributed by atoms with Crippen LogP contribution in [0.5, 0.6) is 0 Å². The van der Waals surface area contributed by atoms with E-state index in [1.807, 2.05) is 30.3 Å². The molecular formula is C19H21ClFN3O2. The second kappa shape index (κ2) is 9.31. The first-order valence-electron chi connectivity index (χ1n) is 8.27. The molecule has 5 nitrogen and oxygen atoms in total. The SMILES string of the molecule is Cl.O=C(Cc1ccccc1)Nc1cc(NC(=O)C2CCNC2)ccc1F. The van der Waals surface area contributed by atoms with E-state index in [-0.39, 0.29) is 42.2 Å². The highest BCUT2D eigenvalue weighted by atomic mass is 35.5. The van der Waals surface area contributed by atoms with E-state index < -0.39 is 5.82 Å². The van der Waals surface area contributed by atoms with E-state index in [0.717, 1.165) is 18.5 Å². The Labute approximate surface area is 157 Å². The van der Waals surface area contributed by atoms with Crippen LogP contribution >= 0.6 is 12.4 Å². The maximum absolute atomic E-state index is 14.0. The van der Waals surface area contributed by atoms with Crippen LogP contribution < -0.4 is 16.0 Å². The Bertz CT molecular complexity index is 765. The molecule has 1 unspecified atom stereocenters. The zero-order valence-electron chi connectivity index (χ0n) is 14.1. The van der Waals surface area contributed by atoms with Crippen molar-refractivity contribution in [1.29, 1.82) is 0 Å². The molecule has 1 saturated heterocycles. The summed E-state index contributed by atoms with van der Waals surface area (Å²) >= 11 is 0. The zero-order valence-corrected chi connectivity index (χ0v) is 14.9. The first-order chi connectivity index (χ1) is 12.1. The van der Waals surface area contributed by atoms with Crippen LogP contribution in [0.2, 0.25) is 0 Å². The number of hydrogen-bond donors (Lipinski definition) is 3. The fourth-order valence-electron chi connectivity index (χ4n) is 2.80. The fraction of sp³-hybridized carbons (Fsp3) is 0.263. The summed E-state index contributed by atoms with van der Waals surface area (Å²) in [5.41, 5.74) is 1.37. The summed E-state index contributed by atoms with van der Waals surface area (Å²) in [4.78, 5) is 24.2. The highest BCUT2D eigenvalue weighted by Crippen LogP contribution is 2.21. The van der Waals surface area contributed by atoms with Gasteiger partial charge in [0.05, 0.1) is 18.0 Å². The summed E-state index contributed by atoms with van der Waals surface area (Å²) in [6.45, 7) is 1.47. The minimum absolute atomic E-state index is 0. The molecule has 138 valence electrons. The van der Waals surface area contributed by atoms with Crippen LogP contribution in [0, 0.1) is 11.7 Å². The van der Waals surface area contributed by atoms with Gasteiger partial charge in [-0.3, -0.25) is 9.59 Å². The second-order valence-electron chi connectivity index (χ2n) is 6.08. The highest BCUT2D eigenvalue weighted by Gasteiger charge is 2.22. The molecule has 2 aromatic carbocycles. The van der Waals surface area contributed by atoms with E-state index in [2.05, 4.69) is 16.0 Å². The van der Waals surface area contributed by atoms with Gasteiger partial charge >= 0.3 is 0 Å². The number of amides is 2. The lowest BCUT2D eigenvalue weighted by atomic mass is 10.1. The smallest absolute Gasteiger partial charge is 0.228 e. The third-order valence-corrected chi connectivity index (χ3v) is 4.15. The number of rotatable bonds is 5. The number of halogens is 2. The number of nitrogens with one attached hydrogen (secondary N) is 3. The topological polar surface area (TPSA) is 70.2 Å². The van der Waals surface area contributed by atoms with E-state index in [1.54, 1.807) is 0 Å². The minimum atomic E-state index is -0.540. The van der Waals surface area contributed by atoms with Gasteiger partial charge < -0.3 is 16.0 Å². The summed E-state index contributed by atoms with van der Waals surface area (Å²) in [5, 5.41) is 8.47. The molecule has 7 heteroatoms. The Kier molecular flexibility index (Phi) is 7.12. The lowest BCUT2D eigenvalue weighted by Crippen LogP contribution is -2.24. The molecule has 0 saturated carbocycles. The number of anilines is 2. The molecular weight excluding hydrogens is 357 g/mol. The number of carbonyl (C=O) groups excluding carboxylic acids is 2. The average Bonchev–Trinajstić information content (AvgIpc) is 3.13. The standard InChI is InChI=1S/C19H20FN3O2.ClH/c20-16-7-6-15(22-19(25)14-8-9-21-12-14)11-17(16)23-18(24)10-13-4-2-1-3-5-13;/h1-7,11,14,21H,8-10,12H2,(H,22,25)(H,23,24);1H. The van der Waals surface area contributed by atoms with Gasteiger partial charge in [0, 0.05) is 12.2 Å². The Balaban J connectivity index is 0.00000243. The van der Waals surface area contributed by atoms with Crippen molar-refractivity contribution in [3.8, 4) is 0 Å². The van der Waals surface area contributed by atoms with E-state index in [0.29, 0.717) is 12.2 Å². The van der Waals surface area contributed by atoms with Gasteiger partial charge in [0.15, 0.2) is 0 Å². The van der Waals surface area contributed by atoms with Gasteiger partial charge in [-0.1, -0.05) is 30.3 Å². The van der Waals surface area contributed by atoms with Gasteiger partial charge in [0.2, 0.25) is 11.8 Å². The summed E-state index contributed by atoms with van der Waals surface area (Å²) in [5.74, 6) is -1.03. The van der Waals surface area contributed by atoms with Gasteiger partial charge in [-0.2, -0.15) is 0 Å². The van der Waals surface area contributed by atoms with Gasteiger partial charge in [-0.15, -0.1) is 12.4 Å². The molecule has 0 aliphatic carbocycles. The number of carbonyl (C=O) groups is 2. The van der Waals surface area contributed by atoms with Crippen LogP contribution in [-0.2, 0) is 16.0 Å². The second-order valence-corrected chi connectivity index (χ2v) is 6.08. The molecule has 1 aliphatic rings. The van der Waals surface area contributed by atoms with Gasteiger partial charge in [0.25, 0.3) is 0 Å². The molecule has 1 aliphatic heterocycles. The van der Waals surface area contributed by atoms with Crippen LogP contribution in [0.25, 0.3) is 0 Å². The van der Waals surface area contributed by atoms with Crippen LogP contribution in [-0.4, -0.2) is 24.9 Å². The molecule has 0 bridgehead atoms. The van der Waals surface area contributed by atoms with Gasteiger partial charge in [0.1, 0.15) is 5.82 Å². The lowest BCUT2D eigenvalue weighted by molar-refractivity contribution is -0.119. The molecule has 0 aromatic heterocycles.